The van der Waals surface area contributed by atoms with Gasteiger partial charge < -0.3 is 25.7 Å². The third-order valence-electron chi connectivity index (χ3n) is 7.73. The first-order valence-electron chi connectivity index (χ1n) is 14.3. The second kappa shape index (κ2) is 14.3. The largest absolute Gasteiger partial charge is 0.477 e. The Morgan fingerprint density at radius 1 is 1.15 bits per heavy atom. The second-order valence-electron chi connectivity index (χ2n) is 10.4. The van der Waals surface area contributed by atoms with Crippen molar-refractivity contribution in [3.63, 3.8) is 0 Å². The number of nitrogens with zero attached hydrogens (tertiary/aromatic N) is 7. The van der Waals surface area contributed by atoms with E-state index in [1.54, 1.807) is 43.5 Å². The van der Waals surface area contributed by atoms with E-state index in [0.717, 1.165) is 33.3 Å². The van der Waals surface area contributed by atoms with Gasteiger partial charge in [0.2, 0.25) is 11.1 Å². The number of carboxylic acids is 1. The number of likely N-dealkylation sites (N-methyl/N-ethyl adjacent to an activating group) is 1. The van der Waals surface area contributed by atoms with Gasteiger partial charge in [-0.2, -0.15) is 0 Å². The topological polar surface area (TPSA) is 220 Å². The average molecular weight is 706 g/mol. The van der Waals surface area contributed by atoms with E-state index in [2.05, 4.69) is 26.2 Å². The van der Waals surface area contributed by atoms with Gasteiger partial charge in [0, 0.05) is 31.1 Å². The number of piperazine rings is 1. The highest BCUT2D eigenvalue weighted by Crippen LogP contribution is 2.51. The number of imide groups is 1. The van der Waals surface area contributed by atoms with Crippen molar-refractivity contribution in [1.82, 2.24) is 45.5 Å². The minimum absolute atomic E-state index is 0.0600. The van der Waals surface area contributed by atoms with Crippen molar-refractivity contribution in [3.05, 3.63) is 47.2 Å². The van der Waals surface area contributed by atoms with Crippen LogP contribution in [0.3, 0.4) is 0 Å². The highest BCUT2D eigenvalue weighted by molar-refractivity contribution is 8.05. The molecule has 47 heavy (non-hydrogen) atoms. The zero-order chi connectivity index (χ0) is 33.9. The number of hydrogen-bond acceptors (Lipinski definition) is 13. The molecule has 20 heteroatoms. The molecule has 0 aliphatic carbocycles. The van der Waals surface area contributed by atoms with E-state index in [0.29, 0.717) is 22.8 Å². The van der Waals surface area contributed by atoms with Gasteiger partial charge in [-0.15, -0.1) is 28.6 Å². The molecule has 3 aliphatic rings. The molecule has 0 saturated carbocycles. The van der Waals surface area contributed by atoms with E-state index < -0.39 is 51.9 Å². The lowest BCUT2D eigenvalue weighted by molar-refractivity contribution is -0.153. The fraction of sp³-hybridized carbons (Fsp3) is 0.444. The number of amides is 6. The summed E-state index contributed by atoms with van der Waals surface area (Å²) in [7, 11) is 0. The number of carbonyl (C=O) groups is 6. The van der Waals surface area contributed by atoms with Crippen LogP contribution in [0.1, 0.15) is 18.5 Å². The number of carbonyl (C=O) groups excluding carboxylic acids is 5. The Morgan fingerprint density at radius 3 is 2.55 bits per heavy atom. The number of fused-ring (bicyclic) bond motifs is 1. The molecule has 1 aromatic heterocycles. The van der Waals surface area contributed by atoms with Crippen LogP contribution in [0.15, 0.2) is 46.8 Å². The Bertz CT molecular complexity index is 1620. The minimum atomic E-state index is -1.57. The summed E-state index contributed by atoms with van der Waals surface area (Å²) in [4.78, 5) is 80.2. The third-order valence-corrected chi connectivity index (χ3v) is 11.5. The maximum absolute atomic E-state index is 13.9. The number of aliphatic hydroxyl groups is 1. The number of rotatable bonds is 12. The summed E-state index contributed by atoms with van der Waals surface area (Å²) in [5.74, 6) is -4.20. The Balaban J connectivity index is 1.36. The molecule has 6 amide bonds. The normalized spacial score (nSPS) is 21.7. The first kappa shape index (κ1) is 34.2. The van der Waals surface area contributed by atoms with Crippen molar-refractivity contribution in [1.29, 1.82) is 0 Å². The molecule has 17 nitrogen and oxygen atoms in total. The van der Waals surface area contributed by atoms with Crippen LogP contribution >= 0.6 is 35.3 Å². The summed E-state index contributed by atoms with van der Waals surface area (Å²) < 4.78 is 1.38. The monoisotopic (exact) mass is 705 g/mol. The van der Waals surface area contributed by atoms with Gasteiger partial charge in [0.1, 0.15) is 17.1 Å². The van der Waals surface area contributed by atoms with Crippen LogP contribution in [-0.4, -0.2) is 135 Å². The highest BCUT2D eigenvalue weighted by atomic mass is 32.2. The predicted octanol–water partition coefficient (Wildman–Crippen LogP) is -0.672. The quantitative estimate of drug-likeness (QED) is 0.0932. The number of thioether (sulfide) groups is 3. The summed E-state index contributed by atoms with van der Waals surface area (Å²) in [6.07, 6.45) is 1.61. The molecule has 250 valence electrons. The summed E-state index contributed by atoms with van der Waals surface area (Å²) in [5.41, 5.74) is 0.608. The smallest absolute Gasteiger partial charge is 0.352 e. The van der Waals surface area contributed by atoms with Gasteiger partial charge in [-0.25, -0.2) is 14.3 Å². The van der Waals surface area contributed by atoms with E-state index in [1.165, 1.54) is 21.3 Å². The van der Waals surface area contributed by atoms with Crippen LogP contribution in [0.4, 0.5) is 4.79 Å². The number of tetrazole rings is 1. The van der Waals surface area contributed by atoms with E-state index in [-0.39, 0.29) is 43.4 Å². The molecular weight excluding hydrogens is 675 g/mol. The van der Waals surface area contributed by atoms with Gasteiger partial charge in [-0.1, -0.05) is 42.1 Å². The summed E-state index contributed by atoms with van der Waals surface area (Å²) in [6.45, 7) is 2.08. The van der Waals surface area contributed by atoms with E-state index in [1.807, 2.05) is 0 Å². The molecule has 2 saturated heterocycles. The van der Waals surface area contributed by atoms with Crippen molar-refractivity contribution >= 4 is 70.9 Å². The van der Waals surface area contributed by atoms with Crippen molar-refractivity contribution in [3.8, 4) is 0 Å². The number of aliphatic hydroxyl groups excluding tert-OH is 1. The van der Waals surface area contributed by atoms with Crippen molar-refractivity contribution < 1.29 is 39.0 Å². The number of aliphatic carboxylic acids is 1. The van der Waals surface area contributed by atoms with Crippen LogP contribution in [0.2, 0.25) is 0 Å². The predicted molar refractivity (Wildman–Crippen MR) is 169 cm³/mol. The third kappa shape index (κ3) is 6.41. The molecule has 3 aliphatic heterocycles. The lowest BCUT2D eigenvalue weighted by Crippen LogP contribution is -2.78. The molecule has 0 spiro atoms. The maximum atomic E-state index is 13.9. The zero-order valence-corrected chi connectivity index (χ0v) is 27.6. The summed E-state index contributed by atoms with van der Waals surface area (Å²) in [5, 5.41) is 35.6. The first-order valence-corrected chi connectivity index (χ1v) is 17.6. The van der Waals surface area contributed by atoms with E-state index in [9.17, 15) is 39.0 Å². The number of hydrogen-bond donors (Lipinski definition) is 4. The van der Waals surface area contributed by atoms with Gasteiger partial charge in [0.25, 0.3) is 5.91 Å². The molecule has 5 rings (SSSR count). The molecule has 2 aromatic rings. The lowest BCUT2D eigenvalue weighted by Gasteiger charge is -2.56. The van der Waals surface area contributed by atoms with Crippen LogP contribution in [0, 0.1) is 0 Å². The van der Waals surface area contributed by atoms with Gasteiger partial charge in [-0.3, -0.25) is 29.0 Å². The van der Waals surface area contributed by atoms with Gasteiger partial charge in [-0.05, 0) is 34.7 Å². The van der Waals surface area contributed by atoms with Crippen molar-refractivity contribution in [2.75, 3.05) is 44.0 Å². The van der Waals surface area contributed by atoms with Gasteiger partial charge in [0.05, 0.1) is 13.2 Å². The number of β-lactam (4-membered cyclic amide) rings is 1. The van der Waals surface area contributed by atoms with E-state index >= 15 is 0 Å². The molecule has 0 bridgehead atoms. The Hall–Kier alpha value is -4.14. The molecular formula is C27H31N9O8S3. The van der Waals surface area contributed by atoms with Crippen LogP contribution in [0.25, 0.3) is 0 Å². The standard InChI is InChI=1S/C27H31N9O8S3/c1-3-33-9-10-34(21(40)20(33)39)25(44)28-17(15-7-5-4-6-8-15)19(38)29-27(45-2)23(43)36-18(22(41)42)16(13-46-24(27)36)14-47-26-30-31-32-35(26)11-12-37/h4-8,17,24,37H,3,9-14H2,1-2H3,(H,28,44)(H,29,38)(H,41,42)/t17?,24-,27+/m1/s1. The average Bonchev–Trinajstić information content (AvgIpc) is 3.52. The van der Waals surface area contributed by atoms with Crippen LogP contribution in [0.5, 0.6) is 0 Å². The first-order chi connectivity index (χ1) is 22.6. The number of urea groups is 1. The number of nitrogens with one attached hydrogen (secondary N) is 2. The number of aromatic nitrogens is 4. The second-order valence-corrected chi connectivity index (χ2v) is 13.4. The molecule has 1 unspecified atom stereocenters. The maximum Gasteiger partial charge on any atom is 0.352 e. The Morgan fingerprint density at radius 2 is 1.89 bits per heavy atom. The summed E-state index contributed by atoms with van der Waals surface area (Å²) >= 11 is 3.47. The fourth-order valence-electron chi connectivity index (χ4n) is 5.31. The van der Waals surface area contributed by atoms with Gasteiger partial charge >= 0.3 is 23.8 Å². The highest BCUT2D eigenvalue weighted by Gasteiger charge is 2.65. The van der Waals surface area contributed by atoms with Crippen molar-refractivity contribution in [2.45, 2.75) is 34.9 Å². The van der Waals surface area contributed by atoms with Crippen LogP contribution in [-0.2, 0) is 30.5 Å². The molecule has 4 heterocycles. The zero-order valence-electron chi connectivity index (χ0n) is 25.2. The van der Waals surface area contributed by atoms with Crippen molar-refractivity contribution in [2.24, 2.45) is 0 Å². The SMILES string of the molecule is CCN1CCN(C(=O)NC(C(=O)N[C@]2(SC)C(=O)N3C(C(=O)O)=C(CSc4nnnn4CCO)CS[C@@H]32)c2ccccc2)C(=O)C1=O. The Kier molecular flexibility index (Phi) is 10.4. The van der Waals surface area contributed by atoms with E-state index in [4.69, 9.17) is 0 Å². The molecule has 0 radical (unpaired) electrons. The lowest BCUT2D eigenvalue weighted by atomic mass is 10.00. The van der Waals surface area contributed by atoms with Gasteiger partial charge in [0.15, 0.2) is 4.87 Å². The molecule has 3 atom stereocenters. The minimum Gasteiger partial charge on any atom is -0.477 e. The number of carboxylic acid groups (broad SMARTS) is 1. The molecule has 1 aromatic carbocycles. The molecule has 2 fully saturated rings. The number of benzene rings is 1. The summed E-state index contributed by atoms with van der Waals surface area (Å²) in [6, 6.07) is 5.90. The Labute approximate surface area is 280 Å². The molecule has 4 N–H and O–H groups in total. The van der Waals surface area contributed by atoms with Crippen LogP contribution < -0.4 is 10.6 Å². The fourth-order valence-corrected chi connectivity index (χ4v) is 8.97.